The molecule has 3 heterocycles. The maximum absolute atomic E-state index is 13.6. The van der Waals surface area contributed by atoms with Gasteiger partial charge in [-0.05, 0) is 56.9 Å². The van der Waals surface area contributed by atoms with Crippen molar-refractivity contribution in [1.29, 1.82) is 0 Å². The number of halogens is 4. The van der Waals surface area contributed by atoms with Gasteiger partial charge in [0.15, 0.2) is 6.61 Å². The van der Waals surface area contributed by atoms with E-state index in [1.54, 1.807) is 13.3 Å². The molecule has 2 aromatic rings. The normalized spacial score (nSPS) is 21.5. The third-order valence-electron chi connectivity index (χ3n) is 6.81. The number of carbonyl (C=O) groups excluding carboxylic acids is 1. The lowest BCUT2D eigenvalue weighted by Gasteiger charge is -2.28. The van der Waals surface area contributed by atoms with Crippen LogP contribution in [0.3, 0.4) is 0 Å². The molecule has 1 aliphatic carbocycles. The second kappa shape index (κ2) is 11.8. The van der Waals surface area contributed by atoms with E-state index in [1.165, 1.54) is 22.2 Å². The largest absolute Gasteiger partial charge is 0.460 e. The number of aromatic nitrogens is 3. The summed E-state index contributed by atoms with van der Waals surface area (Å²) in [5.41, 5.74) is 1.12. The lowest BCUT2D eigenvalue weighted by Crippen LogP contribution is -2.29. The number of thiazole rings is 1. The first-order chi connectivity index (χ1) is 17.1. The smallest absolute Gasteiger partial charge is 0.422 e. The first-order valence-electron chi connectivity index (χ1n) is 12.3. The standard InChI is InChI=1S/C24H31F4N5O2S/c1-32-14-18(22(25)31-32)12-21(34)29-13-17-4-2-16(3-5-17)6-9-33-10-7-19-20(8-11-33)36-23(30-19)35-15-24(26,27)28/h13-14,16-17H,2-12,15H2,1H3. The lowest BCUT2D eigenvalue weighted by molar-refractivity contribution is -0.153. The number of aliphatic imine (C=N–C) groups is 1. The van der Waals surface area contributed by atoms with Gasteiger partial charge in [0.1, 0.15) is 0 Å². The van der Waals surface area contributed by atoms with E-state index < -0.39 is 18.7 Å². The Morgan fingerprint density at radius 3 is 2.69 bits per heavy atom. The minimum Gasteiger partial charge on any atom is -0.460 e. The van der Waals surface area contributed by atoms with Gasteiger partial charge in [0.25, 0.3) is 5.19 Å². The number of aryl methyl sites for hydroxylation is 1. The minimum atomic E-state index is -4.36. The summed E-state index contributed by atoms with van der Waals surface area (Å²) in [5, 5.41) is 3.71. The molecular weight excluding hydrogens is 498 g/mol. The van der Waals surface area contributed by atoms with Crippen LogP contribution >= 0.6 is 11.3 Å². The monoisotopic (exact) mass is 529 g/mol. The molecule has 0 N–H and O–H groups in total. The fourth-order valence-electron chi connectivity index (χ4n) is 4.83. The van der Waals surface area contributed by atoms with Crippen molar-refractivity contribution in [3.05, 3.63) is 28.3 Å². The summed E-state index contributed by atoms with van der Waals surface area (Å²) in [6.07, 6.45) is 5.56. The van der Waals surface area contributed by atoms with Gasteiger partial charge in [0.05, 0.1) is 12.1 Å². The van der Waals surface area contributed by atoms with Crippen molar-refractivity contribution in [2.75, 3.05) is 26.2 Å². The summed E-state index contributed by atoms with van der Waals surface area (Å²) < 4.78 is 56.9. The van der Waals surface area contributed by atoms with E-state index in [0.717, 1.165) is 75.2 Å². The molecule has 1 amide bonds. The number of fused-ring (bicyclic) bond motifs is 1. The van der Waals surface area contributed by atoms with Gasteiger partial charge >= 0.3 is 6.18 Å². The zero-order chi connectivity index (χ0) is 25.7. The Hall–Kier alpha value is -2.34. The average Bonchev–Trinajstić information content (AvgIpc) is 3.30. The molecule has 0 unspecified atom stereocenters. The van der Waals surface area contributed by atoms with Crippen molar-refractivity contribution in [1.82, 2.24) is 19.7 Å². The van der Waals surface area contributed by atoms with E-state index in [-0.39, 0.29) is 29.0 Å². The van der Waals surface area contributed by atoms with Crippen LogP contribution in [0.25, 0.3) is 0 Å². The van der Waals surface area contributed by atoms with Crippen LogP contribution in [0.15, 0.2) is 11.2 Å². The van der Waals surface area contributed by atoms with Crippen LogP contribution in [0, 0.1) is 17.8 Å². The second-order valence-electron chi connectivity index (χ2n) is 9.63. The third kappa shape index (κ3) is 7.83. The Labute approximate surface area is 211 Å². The highest BCUT2D eigenvalue weighted by Gasteiger charge is 2.30. The molecule has 0 radical (unpaired) electrons. The van der Waals surface area contributed by atoms with Crippen molar-refractivity contribution >= 4 is 23.5 Å². The van der Waals surface area contributed by atoms with Gasteiger partial charge in [0, 0.05) is 49.4 Å². The van der Waals surface area contributed by atoms with Crippen molar-refractivity contribution in [3.8, 4) is 5.19 Å². The van der Waals surface area contributed by atoms with E-state index >= 15 is 0 Å². The molecule has 12 heteroatoms. The summed E-state index contributed by atoms with van der Waals surface area (Å²) in [6, 6.07) is 0. The van der Waals surface area contributed by atoms with Crippen LogP contribution in [-0.2, 0) is 31.1 Å². The molecule has 7 nitrogen and oxygen atoms in total. The predicted molar refractivity (Wildman–Crippen MR) is 128 cm³/mol. The van der Waals surface area contributed by atoms with Crippen molar-refractivity contribution in [3.63, 3.8) is 0 Å². The highest BCUT2D eigenvalue weighted by molar-refractivity contribution is 7.13. The topological polar surface area (TPSA) is 72.6 Å². The van der Waals surface area contributed by atoms with Gasteiger partial charge in [-0.2, -0.15) is 17.6 Å². The molecule has 1 fully saturated rings. The van der Waals surface area contributed by atoms with Crippen LogP contribution in [0.4, 0.5) is 17.6 Å². The highest BCUT2D eigenvalue weighted by atomic mass is 32.1. The Balaban J connectivity index is 1.14. The number of nitrogens with zero attached hydrogens (tertiary/aromatic N) is 5. The summed E-state index contributed by atoms with van der Waals surface area (Å²) in [4.78, 5) is 23.8. The molecule has 2 aliphatic rings. The molecule has 36 heavy (non-hydrogen) atoms. The molecule has 2 aromatic heterocycles. The Bertz CT molecular complexity index is 1030. The molecule has 0 bridgehead atoms. The maximum atomic E-state index is 13.6. The Kier molecular flexibility index (Phi) is 8.76. The van der Waals surface area contributed by atoms with E-state index in [1.807, 2.05) is 0 Å². The van der Waals surface area contributed by atoms with Crippen LogP contribution in [0.5, 0.6) is 5.19 Å². The van der Waals surface area contributed by atoms with E-state index in [2.05, 4.69) is 20.0 Å². The number of carbonyl (C=O) groups is 1. The number of amides is 1. The quantitative estimate of drug-likeness (QED) is 0.375. The predicted octanol–water partition coefficient (Wildman–Crippen LogP) is 4.39. The fraction of sp³-hybridized carbons (Fsp3) is 0.667. The van der Waals surface area contributed by atoms with Gasteiger partial charge in [-0.3, -0.25) is 9.48 Å². The molecule has 0 atom stereocenters. The minimum absolute atomic E-state index is 0.0780. The van der Waals surface area contributed by atoms with Gasteiger partial charge in [0.2, 0.25) is 11.9 Å². The van der Waals surface area contributed by atoms with Crippen LogP contribution in [0.2, 0.25) is 0 Å². The van der Waals surface area contributed by atoms with Gasteiger partial charge < -0.3 is 9.64 Å². The SMILES string of the molecule is Cn1cc(CC(=O)N=CC2CCC(CCN3CCc4nc(OCC(F)(F)F)sc4CC3)CC2)c(F)n1. The number of hydrogen-bond donors (Lipinski definition) is 0. The molecular formula is C24H31F4N5O2S. The Morgan fingerprint density at radius 2 is 2.00 bits per heavy atom. The molecule has 0 aromatic carbocycles. The highest BCUT2D eigenvalue weighted by Crippen LogP contribution is 2.32. The molecule has 4 rings (SSSR count). The van der Waals surface area contributed by atoms with Crippen molar-refractivity contribution in [2.45, 2.75) is 57.5 Å². The van der Waals surface area contributed by atoms with E-state index in [9.17, 15) is 22.4 Å². The summed E-state index contributed by atoms with van der Waals surface area (Å²) in [6.45, 7) is 1.40. The lowest BCUT2D eigenvalue weighted by atomic mass is 9.81. The van der Waals surface area contributed by atoms with Gasteiger partial charge in [-0.15, -0.1) is 5.10 Å². The van der Waals surface area contributed by atoms with Crippen LogP contribution < -0.4 is 4.74 Å². The maximum Gasteiger partial charge on any atom is 0.422 e. The second-order valence-corrected chi connectivity index (χ2v) is 10.7. The first-order valence-corrected chi connectivity index (χ1v) is 13.1. The van der Waals surface area contributed by atoms with Gasteiger partial charge in [-0.25, -0.2) is 9.98 Å². The fourth-order valence-corrected chi connectivity index (χ4v) is 5.78. The van der Waals surface area contributed by atoms with Crippen molar-refractivity contribution < 1.29 is 27.1 Å². The van der Waals surface area contributed by atoms with E-state index in [4.69, 9.17) is 4.74 Å². The summed E-state index contributed by atoms with van der Waals surface area (Å²) >= 11 is 1.23. The summed E-state index contributed by atoms with van der Waals surface area (Å²) in [5.74, 6) is -0.0737. The number of alkyl halides is 3. The zero-order valence-corrected chi connectivity index (χ0v) is 21.1. The molecule has 1 saturated carbocycles. The molecule has 0 spiro atoms. The first kappa shape index (κ1) is 26.7. The molecule has 1 aliphatic heterocycles. The van der Waals surface area contributed by atoms with Crippen LogP contribution in [0.1, 0.15) is 48.2 Å². The summed E-state index contributed by atoms with van der Waals surface area (Å²) in [7, 11) is 1.61. The molecule has 0 saturated heterocycles. The average molecular weight is 530 g/mol. The van der Waals surface area contributed by atoms with Gasteiger partial charge in [-0.1, -0.05) is 11.3 Å². The third-order valence-corrected chi connectivity index (χ3v) is 7.88. The van der Waals surface area contributed by atoms with Crippen molar-refractivity contribution in [2.24, 2.45) is 23.9 Å². The zero-order valence-electron chi connectivity index (χ0n) is 20.3. The number of hydrogen-bond acceptors (Lipinski definition) is 6. The molecule has 198 valence electrons. The van der Waals surface area contributed by atoms with Crippen LogP contribution in [-0.4, -0.2) is 64.2 Å². The number of rotatable bonds is 8. The van der Waals surface area contributed by atoms with E-state index in [0.29, 0.717) is 5.92 Å². The number of ether oxygens (including phenoxy) is 1. The Morgan fingerprint density at radius 1 is 1.25 bits per heavy atom.